The van der Waals surface area contributed by atoms with Crippen molar-refractivity contribution in [2.75, 3.05) is 11.9 Å². The van der Waals surface area contributed by atoms with Gasteiger partial charge in [0.25, 0.3) is 0 Å². The molecule has 1 N–H and O–H groups in total. The fourth-order valence-electron chi connectivity index (χ4n) is 1.11. The summed E-state index contributed by atoms with van der Waals surface area (Å²) in [7, 11) is 0. The molecule has 0 aliphatic carbocycles. The molecular formula is C9H11NO2. The molecule has 1 saturated heterocycles. The van der Waals surface area contributed by atoms with Gasteiger partial charge in [0.2, 0.25) is 0 Å². The summed E-state index contributed by atoms with van der Waals surface area (Å²) in [5.74, 6) is 0. The zero-order chi connectivity index (χ0) is 8.39. The van der Waals surface area contributed by atoms with Crippen LogP contribution in [0.25, 0.3) is 0 Å². The van der Waals surface area contributed by atoms with E-state index in [9.17, 15) is 0 Å². The summed E-state index contributed by atoms with van der Waals surface area (Å²) in [6.07, 6.45) is 0.0195. The molecule has 64 valence electrons. The van der Waals surface area contributed by atoms with Gasteiger partial charge in [-0.2, -0.15) is 0 Å². The molecule has 0 radical (unpaired) electrons. The topological polar surface area (TPSA) is 30.5 Å². The number of benzene rings is 1. The summed E-state index contributed by atoms with van der Waals surface area (Å²) in [5, 5.41) is 3.20. The Kier molecular flexibility index (Phi) is 1.98. The van der Waals surface area contributed by atoms with Crippen LogP contribution in [0.5, 0.6) is 0 Å². The van der Waals surface area contributed by atoms with Crippen LogP contribution in [0.15, 0.2) is 24.3 Å². The lowest BCUT2D eigenvalue weighted by molar-refractivity contribution is -0.416. The highest BCUT2D eigenvalue weighted by Gasteiger charge is 2.20. The fourth-order valence-corrected chi connectivity index (χ4v) is 1.11. The standard InChI is InChI=1S/C9H11NO2/c1-7-4-2-3-5-8(7)10-9-6-11-12-9/h2-5,9-10H,6H2,1H3. The second-order valence-corrected chi connectivity index (χ2v) is 2.83. The maximum Gasteiger partial charge on any atom is 0.189 e. The average molecular weight is 165 g/mol. The number of nitrogens with one attached hydrogen (secondary N) is 1. The molecule has 1 aliphatic heterocycles. The Bertz CT molecular complexity index is 271. The molecule has 0 bridgehead atoms. The number of hydrogen-bond donors (Lipinski definition) is 1. The maximum atomic E-state index is 4.78. The van der Waals surface area contributed by atoms with Crippen LogP contribution >= 0.6 is 0 Å². The molecule has 1 unspecified atom stereocenters. The van der Waals surface area contributed by atoms with Crippen LogP contribution in [0, 0.1) is 6.92 Å². The molecule has 1 aromatic carbocycles. The Balaban J connectivity index is 2.06. The first kappa shape index (κ1) is 7.58. The van der Waals surface area contributed by atoms with Crippen LogP contribution in [0.4, 0.5) is 5.69 Å². The van der Waals surface area contributed by atoms with Crippen molar-refractivity contribution in [3.63, 3.8) is 0 Å². The minimum atomic E-state index is 0.0195. The van der Waals surface area contributed by atoms with Crippen LogP contribution in [-0.2, 0) is 9.78 Å². The van der Waals surface area contributed by atoms with E-state index in [-0.39, 0.29) is 6.23 Å². The molecule has 2 rings (SSSR count). The summed E-state index contributed by atoms with van der Waals surface area (Å²) >= 11 is 0. The van der Waals surface area contributed by atoms with Gasteiger partial charge in [-0.3, -0.25) is 0 Å². The number of hydrogen-bond acceptors (Lipinski definition) is 3. The molecule has 3 nitrogen and oxygen atoms in total. The summed E-state index contributed by atoms with van der Waals surface area (Å²) < 4.78 is 0. The Hall–Kier alpha value is -1.06. The Morgan fingerprint density at radius 3 is 2.75 bits per heavy atom. The molecule has 3 heteroatoms. The number of para-hydroxylation sites is 1. The molecule has 0 aromatic heterocycles. The molecule has 0 spiro atoms. The van der Waals surface area contributed by atoms with Gasteiger partial charge in [0.1, 0.15) is 6.61 Å². The van der Waals surface area contributed by atoms with Crippen molar-refractivity contribution in [1.82, 2.24) is 0 Å². The second kappa shape index (κ2) is 3.13. The molecular weight excluding hydrogens is 154 g/mol. The fraction of sp³-hybridized carbons (Fsp3) is 0.333. The van der Waals surface area contributed by atoms with Gasteiger partial charge in [0, 0.05) is 5.69 Å². The molecule has 1 atom stereocenters. The van der Waals surface area contributed by atoms with Crippen molar-refractivity contribution >= 4 is 5.69 Å². The van der Waals surface area contributed by atoms with Crippen molar-refractivity contribution in [2.24, 2.45) is 0 Å². The van der Waals surface area contributed by atoms with E-state index in [1.54, 1.807) is 0 Å². The van der Waals surface area contributed by atoms with Crippen LogP contribution in [0.1, 0.15) is 5.56 Å². The second-order valence-electron chi connectivity index (χ2n) is 2.83. The first-order chi connectivity index (χ1) is 5.86. The van der Waals surface area contributed by atoms with E-state index in [1.807, 2.05) is 18.2 Å². The average Bonchev–Trinajstić information content (AvgIpc) is 2.00. The minimum Gasteiger partial charge on any atom is -0.355 e. The molecule has 0 saturated carbocycles. The van der Waals surface area contributed by atoms with E-state index in [2.05, 4.69) is 23.2 Å². The van der Waals surface area contributed by atoms with Gasteiger partial charge in [0.05, 0.1) is 0 Å². The van der Waals surface area contributed by atoms with Crippen molar-refractivity contribution < 1.29 is 9.78 Å². The van der Waals surface area contributed by atoms with Gasteiger partial charge in [-0.1, -0.05) is 18.2 Å². The van der Waals surface area contributed by atoms with E-state index in [4.69, 9.17) is 4.89 Å². The van der Waals surface area contributed by atoms with Crippen LogP contribution in [0.3, 0.4) is 0 Å². The van der Waals surface area contributed by atoms with Crippen LogP contribution in [0.2, 0.25) is 0 Å². The Morgan fingerprint density at radius 1 is 1.42 bits per heavy atom. The van der Waals surface area contributed by atoms with Crippen molar-refractivity contribution in [1.29, 1.82) is 0 Å². The zero-order valence-electron chi connectivity index (χ0n) is 6.91. The smallest absolute Gasteiger partial charge is 0.189 e. The summed E-state index contributed by atoms with van der Waals surface area (Å²) in [5.41, 5.74) is 2.32. The zero-order valence-corrected chi connectivity index (χ0v) is 6.91. The highest BCUT2D eigenvalue weighted by Crippen LogP contribution is 2.17. The van der Waals surface area contributed by atoms with Crippen molar-refractivity contribution in [3.05, 3.63) is 29.8 Å². The van der Waals surface area contributed by atoms with E-state index < -0.39 is 0 Å². The van der Waals surface area contributed by atoms with E-state index >= 15 is 0 Å². The van der Waals surface area contributed by atoms with Gasteiger partial charge in [-0.15, -0.1) is 0 Å². The van der Waals surface area contributed by atoms with Gasteiger partial charge in [0.15, 0.2) is 6.23 Å². The Labute approximate surface area is 71.2 Å². The molecule has 1 aliphatic rings. The highest BCUT2D eigenvalue weighted by molar-refractivity contribution is 5.50. The van der Waals surface area contributed by atoms with E-state index in [0.29, 0.717) is 6.61 Å². The SMILES string of the molecule is Cc1ccccc1NC1COO1. The first-order valence-electron chi connectivity index (χ1n) is 3.97. The van der Waals surface area contributed by atoms with Crippen LogP contribution in [-0.4, -0.2) is 12.8 Å². The predicted octanol–water partition coefficient (Wildman–Crippen LogP) is 1.69. The lowest BCUT2D eigenvalue weighted by Crippen LogP contribution is -2.38. The molecule has 1 fully saturated rings. The Morgan fingerprint density at radius 2 is 2.17 bits per heavy atom. The van der Waals surface area contributed by atoms with E-state index in [0.717, 1.165) is 5.69 Å². The quantitative estimate of drug-likeness (QED) is 0.676. The van der Waals surface area contributed by atoms with Gasteiger partial charge in [-0.25, -0.2) is 9.78 Å². The molecule has 1 heterocycles. The number of anilines is 1. The van der Waals surface area contributed by atoms with Gasteiger partial charge >= 0.3 is 0 Å². The lowest BCUT2D eigenvalue weighted by Gasteiger charge is -2.26. The largest absolute Gasteiger partial charge is 0.355 e. The van der Waals surface area contributed by atoms with E-state index in [1.165, 1.54) is 5.56 Å². The molecule has 1 aromatic rings. The normalized spacial score (nSPS) is 21.6. The first-order valence-corrected chi connectivity index (χ1v) is 3.97. The van der Waals surface area contributed by atoms with Gasteiger partial charge in [-0.05, 0) is 18.6 Å². The minimum absolute atomic E-state index is 0.0195. The lowest BCUT2D eigenvalue weighted by atomic mass is 10.2. The highest BCUT2D eigenvalue weighted by atomic mass is 17.2. The third-order valence-corrected chi connectivity index (χ3v) is 1.87. The summed E-state index contributed by atoms with van der Waals surface area (Å²) in [4.78, 5) is 9.36. The number of rotatable bonds is 2. The molecule has 0 amide bonds. The summed E-state index contributed by atoms with van der Waals surface area (Å²) in [6.45, 7) is 2.68. The number of aryl methyl sites for hydroxylation is 1. The summed E-state index contributed by atoms with van der Waals surface area (Å²) in [6, 6.07) is 8.09. The van der Waals surface area contributed by atoms with Crippen LogP contribution < -0.4 is 5.32 Å². The monoisotopic (exact) mass is 165 g/mol. The third-order valence-electron chi connectivity index (χ3n) is 1.87. The molecule has 12 heavy (non-hydrogen) atoms. The maximum absolute atomic E-state index is 4.78. The third kappa shape index (κ3) is 1.42. The van der Waals surface area contributed by atoms with Gasteiger partial charge < -0.3 is 5.32 Å². The van der Waals surface area contributed by atoms with Crippen molar-refractivity contribution in [3.8, 4) is 0 Å². The predicted molar refractivity (Wildman–Crippen MR) is 45.6 cm³/mol. The van der Waals surface area contributed by atoms with Crippen molar-refractivity contribution in [2.45, 2.75) is 13.2 Å².